The van der Waals surface area contributed by atoms with Gasteiger partial charge in [-0.2, -0.15) is 0 Å². The molecule has 92 valence electrons. The molecule has 17 heavy (non-hydrogen) atoms. The number of anilines is 1. The van der Waals surface area contributed by atoms with Gasteiger partial charge in [0.2, 0.25) is 0 Å². The van der Waals surface area contributed by atoms with Gasteiger partial charge < -0.3 is 5.32 Å². The normalized spacial score (nSPS) is 32.7. The fourth-order valence-electron chi connectivity index (χ4n) is 3.38. The summed E-state index contributed by atoms with van der Waals surface area (Å²) in [6.07, 6.45) is 7.35. The number of pyridine rings is 1. The van der Waals surface area contributed by atoms with E-state index in [0.717, 1.165) is 17.8 Å². The maximum Gasteiger partial charge on any atom is 0.0529 e. The molecular weight excluding hydrogens is 210 g/mol. The van der Waals surface area contributed by atoms with E-state index < -0.39 is 0 Å². The Morgan fingerprint density at radius 3 is 2.94 bits per heavy atom. The molecule has 0 amide bonds. The zero-order chi connectivity index (χ0) is 11.8. The third kappa shape index (κ3) is 2.04. The molecule has 0 radical (unpaired) electrons. The Kier molecular flexibility index (Phi) is 2.79. The van der Waals surface area contributed by atoms with Gasteiger partial charge in [0.1, 0.15) is 0 Å². The number of nitrogens with zero attached hydrogens (tertiary/aromatic N) is 2. The lowest BCUT2D eigenvalue weighted by Gasteiger charge is -2.32. The monoisotopic (exact) mass is 231 g/mol. The SMILES string of the molecule is Cc1ccc(NC2CC3CCCC2N3C)cn1. The van der Waals surface area contributed by atoms with Crippen molar-refractivity contribution in [3.8, 4) is 0 Å². The van der Waals surface area contributed by atoms with Crippen molar-refractivity contribution in [1.82, 2.24) is 9.88 Å². The summed E-state index contributed by atoms with van der Waals surface area (Å²) in [7, 11) is 2.28. The Labute approximate surface area is 103 Å². The van der Waals surface area contributed by atoms with Gasteiger partial charge in [-0.15, -0.1) is 0 Å². The lowest BCUT2D eigenvalue weighted by molar-refractivity contribution is 0.176. The van der Waals surface area contributed by atoms with Gasteiger partial charge in [0.15, 0.2) is 0 Å². The highest BCUT2D eigenvalue weighted by atomic mass is 15.2. The zero-order valence-electron chi connectivity index (χ0n) is 10.7. The largest absolute Gasteiger partial charge is 0.379 e. The predicted octanol–water partition coefficient (Wildman–Crippen LogP) is 2.43. The van der Waals surface area contributed by atoms with Crippen LogP contribution in [0, 0.1) is 6.92 Å². The van der Waals surface area contributed by atoms with Crippen LogP contribution in [0.25, 0.3) is 0 Å². The fraction of sp³-hybridized carbons (Fsp3) is 0.643. The van der Waals surface area contributed by atoms with Gasteiger partial charge in [0.25, 0.3) is 0 Å². The summed E-state index contributed by atoms with van der Waals surface area (Å²) in [6, 6.07) is 6.34. The van der Waals surface area contributed by atoms with Gasteiger partial charge >= 0.3 is 0 Å². The minimum atomic E-state index is 0.608. The fourth-order valence-corrected chi connectivity index (χ4v) is 3.38. The summed E-state index contributed by atoms with van der Waals surface area (Å²) in [5.74, 6) is 0. The van der Waals surface area contributed by atoms with E-state index in [4.69, 9.17) is 0 Å². The molecule has 0 aromatic carbocycles. The lowest BCUT2D eigenvalue weighted by atomic mass is 10.0. The van der Waals surface area contributed by atoms with Gasteiger partial charge in [0, 0.05) is 23.8 Å². The molecule has 3 unspecified atom stereocenters. The number of fused-ring (bicyclic) bond motifs is 2. The summed E-state index contributed by atoms with van der Waals surface area (Å²) in [6.45, 7) is 2.03. The molecule has 1 N–H and O–H groups in total. The molecule has 3 heterocycles. The van der Waals surface area contributed by atoms with Crippen LogP contribution >= 0.6 is 0 Å². The molecule has 0 aliphatic carbocycles. The molecule has 2 fully saturated rings. The summed E-state index contributed by atoms with van der Waals surface area (Å²) < 4.78 is 0. The average Bonchev–Trinajstić information content (AvgIpc) is 2.52. The van der Waals surface area contributed by atoms with Crippen molar-refractivity contribution < 1.29 is 0 Å². The molecule has 2 aliphatic rings. The van der Waals surface area contributed by atoms with Crippen LogP contribution in [-0.2, 0) is 0 Å². The number of aromatic nitrogens is 1. The molecule has 2 saturated heterocycles. The summed E-state index contributed by atoms with van der Waals surface area (Å²) >= 11 is 0. The molecule has 1 aromatic rings. The highest BCUT2D eigenvalue weighted by molar-refractivity contribution is 5.42. The van der Waals surface area contributed by atoms with E-state index >= 15 is 0 Å². The van der Waals surface area contributed by atoms with E-state index in [9.17, 15) is 0 Å². The first-order valence-electron chi connectivity index (χ1n) is 6.65. The number of rotatable bonds is 2. The van der Waals surface area contributed by atoms with E-state index in [0.29, 0.717) is 6.04 Å². The first-order chi connectivity index (χ1) is 8.24. The first kappa shape index (κ1) is 11.0. The highest BCUT2D eigenvalue weighted by Crippen LogP contribution is 2.35. The minimum Gasteiger partial charge on any atom is -0.379 e. The Morgan fingerprint density at radius 2 is 2.24 bits per heavy atom. The number of aryl methyl sites for hydroxylation is 1. The van der Waals surface area contributed by atoms with Crippen LogP contribution in [0.1, 0.15) is 31.4 Å². The summed E-state index contributed by atoms with van der Waals surface area (Å²) in [5.41, 5.74) is 2.25. The molecule has 3 heteroatoms. The predicted molar refractivity (Wildman–Crippen MR) is 70.2 cm³/mol. The molecule has 2 bridgehead atoms. The van der Waals surface area contributed by atoms with E-state index in [1.54, 1.807) is 0 Å². The molecule has 0 saturated carbocycles. The third-order valence-corrected chi connectivity index (χ3v) is 4.39. The van der Waals surface area contributed by atoms with Gasteiger partial charge in [-0.25, -0.2) is 0 Å². The van der Waals surface area contributed by atoms with E-state index in [2.05, 4.69) is 34.4 Å². The van der Waals surface area contributed by atoms with E-state index in [-0.39, 0.29) is 0 Å². The van der Waals surface area contributed by atoms with Crippen LogP contribution in [-0.4, -0.2) is 35.1 Å². The number of nitrogens with one attached hydrogen (secondary N) is 1. The van der Waals surface area contributed by atoms with Gasteiger partial charge in [0.05, 0.1) is 11.9 Å². The quantitative estimate of drug-likeness (QED) is 0.847. The third-order valence-electron chi connectivity index (χ3n) is 4.39. The number of piperidine rings is 1. The van der Waals surface area contributed by atoms with Crippen LogP contribution in [0.15, 0.2) is 18.3 Å². The van der Waals surface area contributed by atoms with Crippen molar-refractivity contribution in [2.24, 2.45) is 0 Å². The van der Waals surface area contributed by atoms with Gasteiger partial charge in [-0.05, 0) is 45.4 Å². The zero-order valence-corrected chi connectivity index (χ0v) is 10.7. The Morgan fingerprint density at radius 1 is 1.35 bits per heavy atom. The molecule has 3 nitrogen and oxygen atoms in total. The first-order valence-corrected chi connectivity index (χ1v) is 6.65. The second-order valence-corrected chi connectivity index (χ2v) is 5.49. The van der Waals surface area contributed by atoms with Crippen molar-refractivity contribution >= 4 is 5.69 Å². The van der Waals surface area contributed by atoms with Crippen molar-refractivity contribution in [2.45, 2.75) is 50.7 Å². The minimum absolute atomic E-state index is 0.608. The smallest absolute Gasteiger partial charge is 0.0529 e. The van der Waals surface area contributed by atoms with Crippen molar-refractivity contribution in [2.75, 3.05) is 12.4 Å². The van der Waals surface area contributed by atoms with Crippen LogP contribution in [0.3, 0.4) is 0 Å². The second kappa shape index (κ2) is 4.30. The van der Waals surface area contributed by atoms with Crippen LogP contribution in [0.4, 0.5) is 5.69 Å². The van der Waals surface area contributed by atoms with E-state index in [1.807, 2.05) is 13.1 Å². The molecule has 2 aliphatic heterocycles. The number of hydrogen-bond donors (Lipinski definition) is 1. The molecule has 0 spiro atoms. The van der Waals surface area contributed by atoms with Crippen LogP contribution < -0.4 is 5.32 Å². The van der Waals surface area contributed by atoms with E-state index in [1.165, 1.54) is 31.4 Å². The number of hydrogen-bond acceptors (Lipinski definition) is 3. The molecule has 1 aromatic heterocycles. The summed E-state index contributed by atoms with van der Waals surface area (Å²) in [5, 5.41) is 3.67. The average molecular weight is 231 g/mol. The maximum absolute atomic E-state index is 4.35. The Hall–Kier alpha value is -1.09. The topological polar surface area (TPSA) is 28.2 Å². The standard InChI is InChI=1S/C14H21N3/c1-10-6-7-11(9-15-10)16-13-8-12-4-3-5-14(13)17(12)2/h6-7,9,12-14,16H,3-5,8H2,1-2H3. The Balaban J connectivity index is 1.72. The lowest BCUT2D eigenvalue weighted by Crippen LogP contribution is -2.40. The Bertz CT molecular complexity index is 387. The van der Waals surface area contributed by atoms with Gasteiger partial charge in [-0.1, -0.05) is 6.42 Å². The van der Waals surface area contributed by atoms with Crippen molar-refractivity contribution in [1.29, 1.82) is 0 Å². The second-order valence-electron chi connectivity index (χ2n) is 5.49. The molecule has 3 rings (SSSR count). The van der Waals surface area contributed by atoms with Crippen LogP contribution in [0.5, 0.6) is 0 Å². The van der Waals surface area contributed by atoms with Crippen molar-refractivity contribution in [3.05, 3.63) is 24.0 Å². The van der Waals surface area contributed by atoms with Gasteiger partial charge in [-0.3, -0.25) is 9.88 Å². The van der Waals surface area contributed by atoms with Crippen molar-refractivity contribution in [3.63, 3.8) is 0 Å². The highest BCUT2D eigenvalue weighted by Gasteiger charge is 2.41. The number of likely N-dealkylation sites (N-methyl/N-ethyl adjacent to an activating group) is 1. The molecular formula is C14H21N3. The maximum atomic E-state index is 4.35. The molecule has 3 atom stereocenters. The summed E-state index contributed by atoms with van der Waals surface area (Å²) in [4.78, 5) is 6.92. The van der Waals surface area contributed by atoms with Crippen LogP contribution in [0.2, 0.25) is 0 Å².